The summed E-state index contributed by atoms with van der Waals surface area (Å²) < 4.78 is 58.2. The number of hydrogen-bond donors (Lipinski definition) is 5. The summed E-state index contributed by atoms with van der Waals surface area (Å²) in [6.07, 6.45) is -3.95. The number of amides is 5. The van der Waals surface area contributed by atoms with Gasteiger partial charge in [-0.1, -0.05) is 51.1 Å². The zero-order chi connectivity index (χ0) is 52.4. The SMILES string of the molecule is Cc1ncsc1-c1ccc(CNC(=O)[C@@H]2C[C@@H](O)CN2C(=O)[C@@H](NC(=O)CCC(=O)N2CC=C(c3cc(NC(=O)c4c[nH]c(=O)cc4C(F)(F)F)c(N4C[C@@H](C)N(C)[C@@H](C)C4)cc3F)CC2)C(C)(C)C)cc1. The van der Waals surface area contributed by atoms with Gasteiger partial charge in [0.15, 0.2) is 0 Å². The number of piperazine rings is 1. The lowest BCUT2D eigenvalue weighted by molar-refractivity contribution is -0.144. The molecule has 3 aliphatic heterocycles. The number of likely N-dealkylation sites (tertiary alicyclic amines) is 1. The van der Waals surface area contributed by atoms with Crippen molar-refractivity contribution in [2.75, 3.05) is 50.0 Å². The summed E-state index contributed by atoms with van der Waals surface area (Å²) in [6.45, 7) is 12.3. The van der Waals surface area contributed by atoms with Crippen LogP contribution in [0.2, 0.25) is 0 Å². The average molecular weight is 1020 g/mol. The van der Waals surface area contributed by atoms with Crippen molar-refractivity contribution < 1.29 is 46.6 Å². The summed E-state index contributed by atoms with van der Waals surface area (Å²) in [5.41, 5.74) is 1.30. The number of benzene rings is 2. The number of aryl methyl sites for hydroxylation is 1. The van der Waals surface area contributed by atoms with Crippen molar-refractivity contribution in [3.05, 3.63) is 104 Å². The maximum absolute atomic E-state index is 16.2. The standard InChI is InChI=1S/C51H61F4N9O7S/c1-28-24-63(25-29(2)61(28)7)40-21-38(52)35(19-39(40)59-47(69)36-23-56-43(67)20-37(36)51(53,54)55)32-14-16-62(17-15-32)44(68)13-12-42(66)60-46(50(4,5)6)49(71)64-26-34(65)18-41(64)48(70)57-22-31-8-10-33(11-9-31)45-30(3)58-27-72-45/h8-11,14,19-21,23,27-29,34,41,46,65H,12-13,15-18,22,24-26H2,1-7H3,(H,56,67)(H,57,70)(H,59,69)(H,60,66)/t28-,29+,34-,41+,46-/m1/s1. The summed E-state index contributed by atoms with van der Waals surface area (Å²) in [4.78, 5) is 94.3. The highest BCUT2D eigenvalue weighted by Gasteiger charge is 2.45. The first-order valence-electron chi connectivity index (χ1n) is 23.8. The number of aliphatic hydroxyl groups is 1. The predicted octanol–water partition coefficient (Wildman–Crippen LogP) is 5.95. The molecular formula is C51H61F4N9O7S. The van der Waals surface area contributed by atoms with Crippen LogP contribution < -0.4 is 26.4 Å². The number of carbonyl (C=O) groups is 5. The number of aliphatic hydroxyl groups excluding tert-OH is 1. The van der Waals surface area contributed by atoms with Crippen molar-refractivity contribution in [1.29, 1.82) is 0 Å². The van der Waals surface area contributed by atoms with E-state index in [0.29, 0.717) is 30.9 Å². The number of alkyl halides is 3. The Morgan fingerprint density at radius 1 is 0.986 bits per heavy atom. The molecule has 7 rings (SSSR count). The summed E-state index contributed by atoms with van der Waals surface area (Å²) in [5.74, 6) is -3.76. The van der Waals surface area contributed by atoms with Crippen LogP contribution in [0.25, 0.3) is 16.0 Å². The van der Waals surface area contributed by atoms with Crippen LogP contribution in [0.4, 0.5) is 28.9 Å². The van der Waals surface area contributed by atoms with Crippen LogP contribution in [0.1, 0.15) is 93.0 Å². The third-order valence-electron chi connectivity index (χ3n) is 13.7. The number of aromatic nitrogens is 2. The summed E-state index contributed by atoms with van der Waals surface area (Å²) >= 11 is 1.54. The van der Waals surface area contributed by atoms with Gasteiger partial charge in [0.2, 0.25) is 29.2 Å². The van der Waals surface area contributed by atoms with Gasteiger partial charge in [0, 0.05) is 88.4 Å². The number of β-amino-alcohol motifs (C(OH)–C–C–N with tert-alkyl or cyclic N) is 1. The average Bonchev–Trinajstić information content (AvgIpc) is 3.95. The number of nitrogens with zero attached hydrogens (tertiary/aromatic N) is 5. The van der Waals surface area contributed by atoms with Gasteiger partial charge in [-0.05, 0) is 68.5 Å². The van der Waals surface area contributed by atoms with Gasteiger partial charge < -0.3 is 40.7 Å². The maximum Gasteiger partial charge on any atom is 0.417 e. The Kier molecular flexibility index (Phi) is 16.1. The molecule has 72 heavy (non-hydrogen) atoms. The van der Waals surface area contributed by atoms with Crippen molar-refractivity contribution in [2.24, 2.45) is 5.41 Å². The third-order valence-corrected chi connectivity index (χ3v) is 14.7. The van der Waals surface area contributed by atoms with Crippen LogP contribution in [0.15, 0.2) is 65.0 Å². The van der Waals surface area contributed by atoms with Crippen molar-refractivity contribution >= 4 is 57.8 Å². The zero-order valence-electron chi connectivity index (χ0n) is 41.3. The third kappa shape index (κ3) is 12.2. The minimum atomic E-state index is -5.02. The lowest BCUT2D eigenvalue weighted by Crippen LogP contribution is -2.57. The van der Waals surface area contributed by atoms with Gasteiger partial charge in [-0.15, -0.1) is 11.3 Å². The minimum absolute atomic E-state index is 0.00686. The maximum atomic E-state index is 16.2. The van der Waals surface area contributed by atoms with E-state index >= 15 is 4.39 Å². The second kappa shape index (κ2) is 21.7. The molecule has 5 atom stereocenters. The van der Waals surface area contributed by atoms with E-state index in [4.69, 9.17) is 0 Å². The Morgan fingerprint density at radius 2 is 1.68 bits per heavy atom. The molecule has 5 amide bonds. The predicted molar refractivity (Wildman–Crippen MR) is 265 cm³/mol. The molecule has 3 aliphatic rings. The van der Waals surface area contributed by atoms with Gasteiger partial charge in [0.1, 0.15) is 17.9 Å². The molecule has 21 heteroatoms. The monoisotopic (exact) mass is 1020 g/mol. The first-order valence-corrected chi connectivity index (χ1v) is 24.7. The van der Waals surface area contributed by atoms with E-state index in [2.05, 4.69) is 30.8 Å². The van der Waals surface area contributed by atoms with Gasteiger partial charge in [0.25, 0.3) is 5.91 Å². The van der Waals surface area contributed by atoms with Crippen molar-refractivity contribution in [3.8, 4) is 10.4 Å². The Labute approximate surface area is 418 Å². The molecule has 5 heterocycles. The minimum Gasteiger partial charge on any atom is -0.391 e. The first-order chi connectivity index (χ1) is 33.9. The van der Waals surface area contributed by atoms with Gasteiger partial charge in [0.05, 0.1) is 44.7 Å². The quantitative estimate of drug-likeness (QED) is 0.0998. The molecule has 4 aromatic rings. The molecule has 2 fully saturated rings. The van der Waals surface area contributed by atoms with E-state index in [-0.39, 0.29) is 86.8 Å². The Balaban J connectivity index is 0.987. The fraction of sp³-hybridized carbons (Fsp3) is 0.471. The highest BCUT2D eigenvalue weighted by atomic mass is 32.1. The van der Waals surface area contributed by atoms with E-state index in [1.807, 2.05) is 57.0 Å². The van der Waals surface area contributed by atoms with E-state index < -0.39 is 75.9 Å². The van der Waals surface area contributed by atoms with Crippen LogP contribution >= 0.6 is 11.3 Å². The van der Waals surface area contributed by atoms with Crippen molar-refractivity contribution in [2.45, 2.75) is 110 Å². The molecule has 2 saturated heterocycles. The molecule has 0 unspecified atom stereocenters. The molecule has 2 aromatic carbocycles. The van der Waals surface area contributed by atoms with Gasteiger partial charge >= 0.3 is 6.18 Å². The molecule has 386 valence electrons. The topological polar surface area (TPSA) is 200 Å². The van der Waals surface area contributed by atoms with E-state index in [9.17, 15) is 47.0 Å². The van der Waals surface area contributed by atoms with Crippen LogP contribution in [0.5, 0.6) is 0 Å². The molecule has 5 N–H and O–H groups in total. The van der Waals surface area contributed by atoms with E-state index in [0.717, 1.165) is 21.7 Å². The summed E-state index contributed by atoms with van der Waals surface area (Å²) in [5, 5.41) is 18.9. The summed E-state index contributed by atoms with van der Waals surface area (Å²) in [6, 6.07) is 8.55. The second-order valence-corrected chi connectivity index (χ2v) is 20.8. The number of likely N-dealkylation sites (N-methyl/N-ethyl adjacent to an activating group) is 1. The normalized spacial score (nSPS) is 20.2. The van der Waals surface area contributed by atoms with Crippen LogP contribution in [-0.4, -0.2) is 129 Å². The van der Waals surface area contributed by atoms with E-state index in [1.54, 1.807) is 32.4 Å². The molecule has 16 nitrogen and oxygen atoms in total. The van der Waals surface area contributed by atoms with Gasteiger partial charge in [-0.2, -0.15) is 13.2 Å². The first kappa shape index (κ1) is 53.4. The number of pyridine rings is 1. The molecule has 0 radical (unpaired) electrons. The molecule has 0 aliphatic carbocycles. The lowest BCUT2D eigenvalue weighted by Gasteiger charge is -2.44. The van der Waals surface area contributed by atoms with E-state index in [1.165, 1.54) is 33.3 Å². The fourth-order valence-electron chi connectivity index (χ4n) is 9.39. The van der Waals surface area contributed by atoms with Gasteiger partial charge in [-0.3, -0.25) is 33.7 Å². The van der Waals surface area contributed by atoms with Crippen LogP contribution in [0, 0.1) is 18.2 Å². The number of rotatable bonds is 13. The molecule has 2 aromatic heterocycles. The highest BCUT2D eigenvalue weighted by molar-refractivity contribution is 7.13. The molecule has 0 bridgehead atoms. The number of aromatic amines is 1. The number of halogens is 4. The number of thiazole rings is 1. The van der Waals surface area contributed by atoms with Crippen LogP contribution in [0.3, 0.4) is 0 Å². The van der Waals surface area contributed by atoms with Crippen molar-refractivity contribution in [3.63, 3.8) is 0 Å². The Morgan fingerprint density at radius 3 is 2.29 bits per heavy atom. The molecular weight excluding hydrogens is 959 g/mol. The molecule has 0 spiro atoms. The fourth-order valence-corrected chi connectivity index (χ4v) is 10.2. The number of carbonyl (C=O) groups excluding carboxylic acids is 5. The van der Waals surface area contributed by atoms with Crippen molar-refractivity contribution in [1.82, 2.24) is 35.3 Å². The largest absolute Gasteiger partial charge is 0.417 e. The Hall–Kier alpha value is -6.45. The second-order valence-electron chi connectivity index (χ2n) is 20.0. The summed E-state index contributed by atoms with van der Waals surface area (Å²) in [7, 11) is 1.95. The lowest BCUT2D eigenvalue weighted by atomic mass is 9.85. The molecule has 0 saturated carbocycles. The number of hydrogen-bond acceptors (Lipinski definition) is 11. The Bertz CT molecular complexity index is 2780. The highest BCUT2D eigenvalue weighted by Crippen LogP contribution is 2.38. The number of H-pyrrole nitrogens is 1. The zero-order valence-corrected chi connectivity index (χ0v) is 42.1. The number of anilines is 2. The van der Waals surface area contributed by atoms with Crippen LogP contribution in [-0.2, 0) is 31.9 Å². The number of nitrogens with one attached hydrogen (secondary N) is 4. The van der Waals surface area contributed by atoms with Gasteiger partial charge in [-0.25, -0.2) is 9.37 Å². The smallest absolute Gasteiger partial charge is 0.391 e.